The summed E-state index contributed by atoms with van der Waals surface area (Å²) in [6, 6.07) is 0. The van der Waals surface area contributed by atoms with Gasteiger partial charge in [0.1, 0.15) is 5.84 Å². The van der Waals surface area contributed by atoms with Gasteiger partial charge in [0.15, 0.2) is 0 Å². The molecule has 0 bridgehead atoms. The Morgan fingerprint density at radius 3 is 1.42 bits per heavy atom. The van der Waals surface area contributed by atoms with Crippen LogP contribution >= 0.6 is 15.2 Å². The van der Waals surface area contributed by atoms with Crippen molar-refractivity contribution >= 4 is 21.0 Å². The van der Waals surface area contributed by atoms with Crippen LogP contribution in [0.4, 0.5) is 0 Å². The quantitative estimate of drug-likeness (QED) is 0.192. The molecule has 0 atom stereocenters. The van der Waals surface area contributed by atoms with Crippen LogP contribution in [0.15, 0.2) is 0 Å². The Hall–Kier alpha value is -0.230. The third-order valence-corrected chi connectivity index (χ3v) is 4.55. The van der Waals surface area contributed by atoms with E-state index in [0.29, 0.717) is 0 Å². The lowest BCUT2D eigenvalue weighted by atomic mass is 10.7. The molecule has 0 aliphatic rings. The van der Waals surface area contributed by atoms with Gasteiger partial charge in [-0.2, -0.15) is 0 Å². The lowest BCUT2D eigenvalue weighted by Gasteiger charge is -2.17. The molecule has 0 rings (SSSR count). The molecule has 0 heterocycles. The van der Waals surface area contributed by atoms with Crippen molar-refractivity contribution in [2.45, 2.75) is 5.40 Å². The van der Waals surface area contributed by atoms with Crippen molar-refractivity contribution in [1.29, 1.82) is 5.41 Å². The van der Waals surface area contributed by atoms with Gasteiger partial charge in [0, 0.05) is 0 Å². The van der Waals surface area contributed by atoms with Gasteiger partial charge in [-0.15, -0.1) is 0 Å². The van der Waals surface area contributed by atoms with Crippen molar-refractivity contribution in [2.75, 3.05) is 0 Å². The molecule has 10 heteroatoms. The maximum Gasteiger partial charge on any atom is 0.348 e. The highest BCUT2D eigenvalue weighted by Gasteiger charge is 2.45. The summed E-state index contributed by atoms with van der Waals surface area (Å²) in [5, 5.41) is 4.03. The molecule has 0 aromatic heterocycles. The fourth-order valence-corrected chi connectivity index (χ4v) is 2.85. The highest BCUT2D eigenvalue weighted by Crippen LogP contribution is 2.59. The van der Waals surface area contributed by atoms with E-state index in [1.165, 1.54) is 0 Å². The molecule has 0 aliphatic carbocycles. The monoisotopic (exact) mass is 218 g/mol. The van der Waals surface area contributed by atoms with E-state index in [1.54, 1.807) is 0 Å². The number of nitrogens with one attached hydrogen (secondary N) is 1. The standard InChI is InChI=1S/C2H8N2O6P2/c3-1(4)2(11(5,6)7)12(8,9)10/h2H,(H3,3,4)(H2,5,6,7)(H2,8,9,10). The van der Waals surface area contributed by atoms with Crippen LogP contribution in [-0.4, -0.2) is 30.8 Å². The molecule has 12 heavy (non-hydrogen) atoms. The normalized spacial score (nSPS) is 13.4. The topological polar surface area (TPSA) is 165 Å². The molecule has 8 nitrogen and oxygen atoms in total. The first-order chi connectivity index (χ1) is 5.07. The van der Waals surface area contributed by atoms with Crippen LogP contribution in [0.1, 0.15) is 0 Å². The molecule has 0 aliphatic heterocycles. The number of rotatable bonds is 3. The molecule has 0 amide bonds. The average Bonchev–Trinajstić information content (AvgIpc) is 1.49. The summed E-state index contributed by atoms with van der Waals surface area (Å²) in [4.78, 5) is 33.5. The van der Waals surface area contributed by atoms with Crippen LogP contribution in [0.25, 0.3) is 0 Å². The zero-order valence-corrected chi connectivity index (χ0v) is 7.44. The van der Waals surface area contributed by atoms with Crippen LogP contribution in [0, 0.1) is 5.41 Å². The zero-order chi connectivity index (χ0) is 10.2. The van der Waals surface area contributed by atoms with Gasteiger partial charge in [-0.05, 0) is 0 Å². The molecule has 0 fully saturated rings. The molecule has 0 radical (unpaired) electrons. The molecule has 7 N–H and O–H groups in total. The minimum Gasteiger partial charge on any atom is -0.386 e. The molecular weight excluding hydrogens is 210 g/mol. The van der Waals surface area contributed by atoms with Crippen LogP contribution in [0.3, 0.4) is 0 Å². The number of hydrogen-bond acceptors (Lipinski definition) is 3. The molecule has 72 valence electrons. The predicted molar refractivity (Wildman–Crippen MR) is 39.8 cm³/mol. The SMILES string of the molecule is N=C(N)C(P(=O)(O)O)P(=O)(O)O. The smallest absolute Gasteiger partial charge is 0.348 e. The second kappa shape index (κ2) is 3.26. The van der Waals surface area contributed by atoms with Crippen LogP contribution in [-0.2, 0) is 9.13 Å². The Labute approximate surface area is 67.2 Å². The van der Waals surface area contributed by atoms with Crippen molar-refractivity contribution in [2.24, 2.45) is 5.73 Å². The second-order valence-corrected chi connectivity index (χ2v) is 5.80. The highest BCUT2D eigenvalue weighted by atomic mass is 31.2. The van der Waals surface area contributed by atoms with Gasteiger partial charge in [0.25, 0.3) is 0 Å². The summed E-state index contributed by atoms with van der Waals surface area (Å²) in [5.74, 6) is -1.23. The van der Waals surface area contributed by atoms with Crippen molar-refractivity contribution in [3.63, 3.8) is 0 Å². The van der Waals surface area contributed by atoms with Gasteiger partial charge >= 0.3 is 15.2 Å². The van der Waals surface area contributed by atoms with Gasteiger partial charge in [0.2, 0.25) is 5.40 Å². The Bertz CT molecular complexity index is 253. The molecular formula is C2H8N2O6P2. The van der Waals surface area contributed by atoms with E-state index in [1.807, 2.05) is 0 Å². The molecule has 0 aromatic carbocycles. The summed E-state index contributed by atoms with van der Waals surface area (Å²) in [6.07, 6.45) is 0. The fraction of sp³-hybridized carbons (Fsp3) is 0.500. The van der Waals surface area contributed by atoms with Crippen LogP contribution in [0.2, 0.25) is 0 Å². The van der Waals surface area contributed by atoms with Crippen molar-refractivity contribution in [3.8, 4) is 0 Å². The maximum atomic E-state index is 10.4. The molecule has 0 aromatic rings. The number of amidine groups is 1. The van der Waals surface area contributed by atoms with E-state index in [0.717, 1.165) is 0 Å². The predicted octanol–water partition coefficient (Wildman–Crippen LogP) is -1.40. The van der Waals surface area contributed by atoms with Crippen molar-refractivity contribution < 1.29 is 28.7 Å². The Balaban J connectivity index is 5.11. The van der Waals surface area contributed by atoms with Crippen LogP contribution < -0.4 is 5.73 Å². The number of hydrogen-bond donors (Lipinski definition) is 6. The largest absolute Gasteiger partial charge is 0.386 e. The summed E-state index contributed by atoms with van der Waals surface area (Å²) < 4.78 is 20.8. The van der Waals surface area contributed by atoms with E-state index >= 15 is 0 Å². The lowest BCUT2D eigenvalue weighted by Crippen LogP contribution is -2.27. The molecule has 0 unspecified atom stereocenters. The summed E-state index contributed by atoms with van der Waals surface area (Å²) in [5.41, 5.74) is 4.61. The van der Waals surface area contributed by atoms with Gasteiger partial charge in [-0.25, -0.2) is 0 Å². The lowest BCUT2D eigenvalue weighted by molar-refractivity contribution is 0.349. The van der Waals surface area contributed by atoms with Gasteiger partial charge in [0.05, 0.1) is 0 Å². The van der Waals surface area contributed by atoms with Crippen LogP contribution in [0.5, 0.6) is 0 Å². The molecule has 0 saturated heterocycles. The van der Waals surface area contributed by atoms with E-state index < -0.39 is 26.4 Å². The fourth-order valence-electron chi connectivity index (χ4n) is 0.558. The third kappa shape index (κ3) is 3.02. The minimum absolute atomic E-state index is 1.23. The van der Waals surface area contributed by atoms with Gasteiger partial charge in [-0.1, -0.05) is 0 Å². The maximum absolute atomic E-state index is 10.4. The van der Waals surface area contributed by atoms with Crippen molar-refractivity contribution in [3.05, 3.63) is 0 Å². The zero-order valence-electron chi connectivity index (χ0n) is 5.65. The first-order valence-electron chi connectivity index (χ1n) is 2.51. The van der Waals surface area contributed by atoms with E-state index in [2.05, 4.69) is 5.73 Å². The average molecular weight is 218 g/mol. The minimum atomic E-state index is -5.07. The Kier molecular flexibility index (Phi) is 3.19. The molecule has 0 saturated carbocycles. The van der Waals surface area contributed by atoms with E-state index in [4.69, 9.17) is 25.0 Å². The summed E-state index contributed by atoms with van der Waals surface area (Å²) in [7, 11) is -10.1. The summed E-state index contributed by atoms with van der Waals surface area (Å²) >= 11 is 0. The molecule has 0 spiro atoms. The Morgan fingerprint density at radius 2 is 1.42 bits per heavy atom. The van der Waals surface area contributed by atoms with Gasteiger partial charge in [-0.3, -0.25) is 14.5 Å². The summed E-state index contributed by atoms with van der Waals surface area (Å²) in [6.45, 7) is 0. The van der Waals surface area contributed by atoms with Gasteiger partial charge < -0.3 is 25.3 Å². The first-order valence-corrected chi connectivity index (χ1v) is 5.87. The van der Waals surface area contributed by atoms with Crippen molar-refractivity contribution in [1.82, 2.24) is 0 Å². The number of nitrogens with two attached hydrogens (primary N) is 1. The van der Waals surface area contributed by atoms with E-state index in [-0.39, 0.29) is 0 Å². The second-order valence-electron chi connectivity index (χ2n) is 2.01. The Morgan fingerprint density at radius 1 is 1.17 bits per heavy atom. The van der Waals surface area contributed by atoms with E-state index in [9.17, 15) is 9.13 Å². The highest BCUT2D eigenvalue weighted by molar-refractivity contribution is 7.72. The first kappa shape index (κ1) is 11.8. The third-order valence-electron chi connectivity index (χ3n) is 0.915.